The highest BCUT2D eigenvalue weighted by atomic mass is 79.9. The zero-order chi connectivity index (χ0) is 15.5. The lowest BCUT2D eigenvalue weighted by Crippen LogP contribution is -2.12. The second-order valence-electron chi connectivity index (χ2n) is 5.21. The molecule has 22 heavy (non-hydrogen) atoms. The summed E-state index contributed by atoms with van der Waals surface area (Å²) in [5.74, 6) is 0. The zero-order valence-electron chi connectivity index (χ0n) is 12.3. The van der Waals surface area contributed by atoms with Crippen LogP contribution in [0.1, 0.15) is 29.2 Å². The van der Waals surface area contributed by atoms with Crippen LogP contribution >= 0.6 is 15.9 Å². The lowest BCUT2D eigenvalue weighted by molar-refractivity contribution is 0.0509. The summed E-state index contributed by atoms with van der Waals surface area (Å²) in [6, 6.07) is 14.3. The van der Waals surface area contributed by atoms with Gasteiger partial charge in [0.05, 0.1) is 7.11 Å². The van der Waals surface area contributed by atoms with Gasteiger partial charge in [-0.15, -0.1) is 0 Å². The van der Waals surface area contributed by atoms with Gasteiger partial charge in [-0.3, -0.25) is 0 Å². The Bertz CT molecular complexity index is 696. The van der Waals surface area contributed by atoms with Gasteiger partial charge >= 0.3 is 6.16 Å². The van der Waals surface area contributed by atoms with E-state index in [1.165, 1.54) is 12.7 Å². The first kappa shape index (κ1) is 15.1. The van der Waals surface area contributed by atoms with Gasteiger partial charge in [-0.25, -0.2) is 4.79 Å². The van der Waals surface area contributed by atoms with Gasteiger partial charge in [-0.05, 0) is 29.5 Å². The van der Waals surface area contributed by atoms with Crippen molar-refractivity contribution in [3.05, 3.63) is 59.2 Å². The van der Waals surface area contributed by atoms with Crippen molar-refractivity contribution >= 4 is 22.1 Å². The van der Waals surface area contributed by atoms with Gasteiger partial charge in [0.15, 0.2) is 6.10 Å². The Kier molecular flexibility index (Phi) is 4.48. The number of halogens is 1. The Morgan fingerprint density at radius 3 is 2.68 bits per heavy atom. The molecule has 114 valence electrons. The number of rotatable bonds is 4. The fraction of sp³-hybridized carbons (Fsp3) is 0.278. The van der Waals surface area contributed by atoms with Crippen molar-refractivity contribution in [3.8, 4) is 11.1 Å². The maximum absolute atomic E-state index is 11.7. The first-order valence-corrected chi connectivity index (χ1v) is 8.40. The number of fused-ring (bicyclic) bond motifs is 3. The number of carbonyl (C=O) groups excluding carboxylic acids is 1. The maximum Gasteiger partial charge on any atom is 0.508 e. The standard InChI is InChI=1S/C18H17BrO3/c1-21-18(20)22-17-15-9-3-2-8-13(15)14-10-4-6-12(16(14)17)7-5-11-19/h2-4,6,8-10,17H,5,7,11H2,1H3. The summed E-state index contributed by atoms with van der Waals surface area (Å²) in [7, 11) is 1.33. The van der Waals surface area contributed by atoms with Gasteiger partial charge in [-0.1, -0.05) is 58.4 Å². The normalized spacial score (nSPS) is 15.1. The highest BCUT2D eigenvalue weighted by Crippen LogP contribution is 2.47. The van der Waals surface area contributed by atoms with Gasteiger partial charge in [-0.2, -0.15) is 0 Å². The molecule has 0 saturated carbocycles. The summed E-state index contributed by atoms with van der Waals surface area (Å²) < 4.78 is 10.3. The monoisotopic (exact) mass is 360 g/mol. The third kappa shape index (κ3) is 2.63. The highest BCUT2D eigenvalue weighted by molar-refractivity contribution is 9.09. The van der Waals surface area contributed by atoms with Gasteiger partial charge < -0.3 is 9.47 Å². The molecule has 1 aliphatic carbocycles. The number of carbonyl (C=O) groups is 1. The molecule has 1 unspecified atom stereocenters. The minimum absolute atomic E-state index is 0.384. The van der Waals surface area contributed by atoms with Gasteiger partial charge in [0, 0.05) is 16.5 Å². The molecule has 0 aromatic heterocycles. The predicted molar refractivity (Wildman–Crippen MR) is 89.3 cm³/mol. The number of hydrogen-bond donors (Lipinski definition) is 0. The van der Waals surface area contributed by atoms with E-state index in [0.717, 1.165) is 40.4 Å². The highest BCUT2D eigenvalue weighted by Gasteiger charge is 2.33. The van der Waals surface area contributed by atoms with Crippen molar-refractivity contribution < 1.29 is 14.3 Å². The maximum atomic E-state index is 11.7. The summed E-state index contributed by atoms with van der Waals surface area (Å²) >= 11 is 3.48. The molecule has 0 spiro atoms. The van der Waals surface area contributed by atoms with E-state index in [9.17, 15) is 4.79 Å². The molecule has 0 bridgehead atoms. The van der Waals surface area contributed by atoms with E-state index in [2.05, 4.69) is 40.2 Å². The molecule has 1 atom stereocenters. The average molecular weight is 361 g/mol. The lowest BCUT2D eigenvalue weighted by Gasteiger charge is -2.17. The molecular formula is C18H17BrO3. The number of methoxy groups -OCH3 is 1. The Labute approximate surface area is 138 Å². The van der Waals surface area contributed by atoms with E-state index >= 15 is 0 Å². The van der Waals surface area contributed by atoms with Crippen molar-refractivity contribution in [2.45, 2.75) is 18.9 Å². The Hall–Kier alpha value is -1.81. The van der Waals surface area contributed by atoms with E-state index in [1.807, 2.05) is 18.2 Å². The van der Waals surface area contributed by atoms with Crippen molar-refractivity contribution in [2.75, 3.05) is 12.4 Å². The fourth-order valence-electron chi connectivity index (χ4n) is 3.03. The smallest absolute Gasteiger partial charge is 0.438 e. The second kappa shape index (κ2) is 6.53. The summed E-state index contributed by atoms with van der Waals surface area (Å²) in [6.45, 7) is 0. The number of ether oxygens (including phenoxy) is 2. The summed E-state index contributed by atoms with van der Waals surface area (Å²) in [4.78, 5) is 11.7. The molecule has 0 heterocycles. The van der Waals surface area contributed by atoms with E-state index in [-0.39, 0.29) is 6.10 Å². The molecule has 0 fully saturated rings. The van der Waals surface area contributed by atoms with Gasteiger partial charge in [0.1, 0.15) is 0 Å². The summed E-state index contributed by atoms with van der Waals surface area (Å²) in [6.07, 6.45) is 0.953. The van der Waals surface area contributed by atoms with Crippen LogP contribution in [0.5, 0.6) is 0 Å². The Balaban J connectivity index is 2.09. The molecule has 3 nitrogen and oxygen atoms in total. The molecule has 0 aliphatic heterocycles. The summed E-state index contributed by atoms with van der Waals surface area (Å²) in [5, 5.41) is 0.951. The van der Waals surface area contributed by atoms with Crippen LogP contribution in [-0.2, 0) is 15.9 Å². The van der Waals surface area contributed by atoms with Crippen LogP contribution in [0.25, 0.3) is 11.1 Å². The van der Waals surface area contributed by atoms with Crippen molar-refractivity contribution in [1.29, 1.82) is 0 Å². The molecule has 2 aromatic carbocycles. The van der Waals surface area contributed by atoms with E-state index < -0.39 is 6.16 Å². The topological polar surface area (TPSA) is 35.5 Å². The molecular weight excluding hydrogens is 344 g/mol. The van der Waals surface area contributed by atoms with Crippen LogP contribution in [-0.4, -0.2) is 18.6 Å². The molecule has 0 radical (unpaired) electrons. The molecule has 0 saturated heterocycles. The number of aryl methyl sites for hydroxylation is 1. The third-order valence-electron chi connectivity index (χ3n) is 3.95. The second-order valence-corrected chi connectivity index (χ2v) is 6.00. The van der Waals surface area contributed by atoms with Crippen LogP contribution < -0.4 is 0 Å². The minimum Gasteiger partial charge on any atom is -0.438 e. The average Bonchev–Trinajstić information content (AvgIpc) is 2.88. The Morgan fingerprint density at radius 2 is 1.91 bits per heavy atom. The van der Waals surface area contributed by atoms with E-state index in [0.29, 0.717) is 0 Å². The third-order valence-corrected chi connectivity index (χ3v) is 4.51. The lowest BCUT2D eigenvalue weighted by atomic mass is 9.97. The number of benzene rings is 2. The quantitative estimate of drug-likeness (QED) is 0.576. The van der Waals surface area contributed by atoms with Crippen LogP contribution in [0.2, 0.25) is 0 Å². The molecule has 0 N–H and O–H groups in total. The molecule has 2 aromatic rings. The van der Waals surface area contributed by atoms with Crippen molar-refractivity contribution in [2.24, 2.45) is 0 Å². The summed E-state index contributed by atoms with van der Waals surface area (Å²) in [5.41, 5.74) is 5.62. The SMILES string of the molecule is COC(=O)OC1c2ccccc2-c2cccc(CCCBr)c21. The van der Waals surface area contributed by atoms with Crippen LogP contribution in [0.4, 0.5) is 4.79 Å². The number of hydrogen-bond acceptors (Lipinski definition) is 3. The van der Waals surface area contributed by atoms with Crippen molar-refractivity contribution in [1.82, 2.24) is 0 Å². The van der Waals surface area contributed by atoms with Crippen LogP contribution in [0, 0.1) is 0 Å². The largest absolute Gasteiger partial charge is 0.508 e. The molecule has 4 heteroatoms. The number of alkyl halides is 1. The molecule has 1 aliphatic rings. The first-order valence-electron chi connectivity index (χ1n) is 7.28. The van der Waals surface area contributed by atoms with E-state index in [1.54, 1.807) is 0 Å². The fourth-order valence-corrected chi connectivity index (χ4v) is 3.31. The van der Waals surface area contributed by atoms with Gasteiger partial charge in [0.25, 0.3) is 0 Å². The van der Waals surface area contributed by atoms with Crippen LogP contribution in [0.3, 0.4) is 0 Å². The van der Waals surface area contributed by atoms with Crippen LogP contribution in [0.15, 0.2) is 42.5 Å². The molecule has 3 rings (SSSR count). The zero-order valence-corrected chi connectivity index (χ0v) is 13.9. The molecule has 0 amide bonds. The Morgan fingerprint density at radius 1 is 1.14 bits per heavy atom. The first-order chi connectivity index (χ1) is 10.8. The van der Waals surface area contributed by atoms with E-state index in [4.69, 9.17) is 9.47 Å². The van der Waals surface area contributed by atoms with Gasteiger partial charge in [0.2, 0.25) is 0 Å². The minimum atomic E-state index is -0.650. The predicted octanol–water partition coefficient (Wildman–Crippen LogP) is 4.87. The van der Waals surface area contributed by atoms with Crippen molar-refractivity contribution in [3.63, 3.8) is 0 Å².